The van der Waals surface area contributed by atoms with E-state index in [1.54, 1.807) is 30.5 Å². The number of rotatable bonds is 7. The lowest BCUT2D eigenvalue weighted by Gasteiger charge is -2.09. The standard InChI is InChI=1S/C19H18Cl2N6O/c1-12-2-5-16(24-11-12)25-18-7-6-17(26-27-18)22-8-9-23-19(28)14-4-3-13(20)10-15(14)21/h2-7,10-11H,8-9H2,1H3,(H,22,26)(H,23,28)(H,24,25,27). The third-order valence-corrected chi connectivity index (χ3v) is 4.27. The van der Waals surface area contributed by atoms with Crippen LogP contribution in [0.5, 0.6) is 0 Å². The van der Waals surface area contributed by atoms with Gasteiger partial charge in [0.05, 0.1) is 10.6 Å². The highest BCUT2D eigenvalue weighted by Gasteiger charge is 2.10. The van der Waals surface area contributed by atoms with Crippen LogP contribution in [-0.2, 0) is 0 Å². The SMILES string of the molecule is Cc1ccc(Nc2ccc(NCCNC(=O)c3ccc(Cl)cc3Cl)nn2)nc1. The highest BCUT2D eigenvalue weighted by Crippen LogP contribution is 2.20. The van der Waals surface area contributed by atoms with Crippen molar-refractivity contribution >= 4 is 46.6 Å². The summed E-state index contributed by atoms with van der Waals surface area (Å²) in [6.07, 6.45) is 1.77. The third kappa shape index (κ3) is 5.55. The van der Waals surface area contributed by atoms with Gasteiger partial charge in [0.1, 0.15) is 11.6 Å². The highest BCUT2D eigenvalue weighted by atomic mass is 35.5. The van der Waals surface area contributed by atoms with Gasteiger partial charge in [-0.2, -0.15) is 0 Å². The first-order valence-electron chi connectivity index (χ1n) is 8.52. The van der Waals surface area contributed by atoms with Crippen LogP contribution in [0.4, 0.5) is 17.5 Å². The number of anilines is 3. The average Bonchev–Trinajstić information content (AvgIpc) is 2.68. The van der Waals surface area contributed by atoms with Gasteiger partial charge in [0.2, 0.25) is 0 Å². The molecule has 0 atom stereocenters. The number of carbonyl (C=O) groups is 1. The molecular formula is C19H18Cl2N6O. The number of hydrogen-bond acceptors (Lipinski definition) is 6. The molecule has 0 saturated carbocycles. The molecule has 0 radical (unpaired) electrons. The van der Waals surface area contributed by atoms with Gasteiger partial charge in [-0.1, -0.05) is 29.3 Å². The van der Waals surface area contributed by atoms with Gasteiger partial charge < -0.3 is 16.0 Å². The van der Waals surface area contributed by atoms with E-state index in [-0.39, 0.29) is 5.91 Å². The molecule has 2 heterocycles. The molecule has 7 nitrogen and oxygen atoms in total. The summed E-state index contributed by atoms with van der Waals surface area (Å²) in [5.41, 5.74) is 1.47. The van der Waals surface area contributed by atoms with E-state index in [9.17, 15) is 4.79 Å². The van der Waals surface area contributed by atoms with E-state index in [0.29, 0.717) is 46.2 Å². The van der Waals surface area contributed by atoms with Crippen molar-refractivity contribution in [1.29, 1.82) is 0 Å². The molecule has 0 spiro atoms. The minimum Gasteiger partial charge on any atom is -0.367 e. The second-order valence-electron chi connectivity index (χ2n) is 5.96. The number of nitrogens with one attached hydrogen (secondary N) is 3. The zero-order valence-corrected chi connectivity index (χ0v) is 16.6. The Morgan fingerprint density at radius 2 is 1.71 bits per heavy atom. The van der Waals surface area contributed by atoms with Crippen LogP contribution in [0.15, 0.2) is 48.7 Å². The molecule has 3 rings (SSSR count). The van der Waals surface area contributed by atoms with E-state index in [0.717, 1.165) is 5.56 Å². The molecule has 2 aromatic heterocycles. The number of nitrogens with zero attached hydrogens (tertiary/aromatic N) is 3. The molecule has 0 aliphatic carbocycles. The van der Waals surface area contributed by atoms with Gasteiger partial charge in [0.25, 0.3) is 5.91 Å². The first kappa shape index (κ1) is 19.9. The molecule has 0 bridgehead atoms. The topological polar surface area (TPSA) is 91.8 Å². The van der Waals surface area contributed by atoms with E-state index < -0.39 is 0 Å². The van der Waals surface area contributed by atoms with Crippen molar-refractivity contribution in [3.63, 3.8) is 0 Å². The minimum absolute atomic E-state index is 0.264. The molecular weight excluding hydrogens is 399 g/mol. The lowest BCUT2D eigenvalue weighted by molar-refractivity contribution is 0.0955. The second kappa shape index (κ2) is 9.34. The Hall–Kier alpha value is -2.90. The molecule has 0 aliphatic rings. The van der Waals surface area contributed by atoms with Gasteiger partial charge >= 0.3 is 0 Å². The van der Waals surface area contributed by atoms with Crippen LogP contribution < -0.4 is 16.0 Å². The Labute approximate surface area is 172 Å². The van der Waals surface area contributed by atoms with Crippen LogP contribution in [0.1, 0.15) is 15.9 Å². The maximum absolute atomic E-state index is 12.1. The molecule has 0 saturated heterocycles. The molecule has 144 valence electrons. The lowest BCUT2D eigenvalue weighted by Crippen LogP contribution is -2.29. The fourth-order valence-electron chi connectivity index (χ4n) is 2.30. The van der Waals surface area contributed by atoms with E-state index in [1.807, 2.05) is 19.1 Å². The largest absolute Gasteiger partial charge is 0.367 e. The normalized spacial score (nSPS) is 10.4. The molecule has 0 aliphatic heterocycles. The number of aromatic nitrogens is 3. The van der Waals surface area contributed by atoms with Gasteiger partial charge in [-0.25, -0.2) is 4.98 Å². The maximum Gasteiger partial charge on any atom is 0.252 e. The minimum atomic E-state index is -0.264. The van der Waals surface area contributed by atoms with Crippen LogP contribution in [-0.4, -0.2) is 34.2 Å². The molecule has 1 aromatic carbocycles. The second-order valence-corrected chi connectivity index (χ2v) is 6.80. The zero-order chi connectivity index (χ0) is 19.9. The summed E-state index contributed by atoms with van der Waals surface area (Å²) >= 11 is 11.9. The molecule has 28 heavy (non-hydrogen) atoms. The van der Waals surface area contributed by atoms with E-state index in [2.05, 4.69) is 31.1 Å². The molecule has 3 aromatic rings. The van der Waals surface area contributed by atoms with Crippen molar-refractivity contribution in [2.24, 2.45) is 0 Å². The summed E-state index contributed by atoms with van der Waals surface area (Å²) in [5, 5.41) is 17.9. The summed E-state index contributed by atoms with van der Waals surface area (Å²) in [7, 11) is 0. The van der Waals surface area contributed by atoms with Crippen molar-refractivity contribution in [3.8, 4) is 0 Å². The number of pyridine rings is 1. The summed E-state index contributed by atoms with van der Waals surface area (Å²) in [4.78, 5) is 16.4. The quantitative estimate of drug-likeness (QED) is 0.502. The molecule has 1 amide bonds. The first-order chi connectivity index (χ1) is 13.5. The van der Waals surface area contributed by atoms with Crippen molar-refractivity contribution in [3.05, 3.63) is 69.8 Å². The van der Waals surface area contributed by atoms with E-state index in [1.165, 1.54) is 6.07 Å². The predicted molar refractivity (Wildman–Crippen MR) is 112 cm³/mol. The van der Waals surface area contributed by atoms with Crippen LogP contribution in [0.25, 0.3) is 0 Å². The number of carbonyl (C=O) groups excluding carboxylic acids is 1. The summed E-state index contributed by atoms with van der Waals surface area (Å²) in [5.74, 6) is 1.62. The third-order valence-electron chi connectivity index (χ3n) is 3.72. The van der Waals surface area contributed by atoms with Crippen LogP contribution in [0.3, 0.4) is 0 Å². The Balaban J connectivity index is 1.44. The molecule has 0 unspecified atom stereocenters. The monoisotopic (exact) mass is 416 g/mol. The Morgan fingerprint density at radius 3 is 2.39 bits per heavy atom. The first-order valence-corrected chi connectivity index (χ1v) is 9.27. The van der Waals surface area contributed by atoms with E-state index >= 15 is 0 Å². The Morgan fingerprint density at radius 1 is 0.964 bits per heavy atom. The summed E-state index contributed by atoms with van der Waals surface area (Å²) < 4.78 is 0. The van der Waals surface area contributed by atoms with Gasteiger partial charge in [0.15, 0.2) is 5.82 Å². The smallest absolute Gasteiger partial charge is 0.252 e. The zero-order valence-electron chi connectivity index (χ0n) is 15.0. The Bertz CT molecular complexity index is 948. The van der Waals surface area contributed by atoms with Gasteiger partial charge in [-0.15, -0.1) is 10.2 Å². The van der Waals surface area contributed by atoms with Crippen LogP contribution in [0.2, 0.25) is 10.0 Å². The van der Waals surface area contributed by atoms with Gasteiger partial charge in [-0.05, 0) is 48.9 Å². The van der Waals surface area contributed by atoms with Gasteiger partial charge in [0, 0.05) is 24.3 Å². The lowest BCUT2D eigenvalue weighted by atomic mass is 10.2. The molecule has 3 N–H and O–H groups in total. The number of halogens is 2. The van der Waals surface area contributed by atoms with Crippen molar-refractivity contribution < 1.29 is 4.79 Å². The van der Waals surface area contributed by atoms with Crippen LogP contribution >= 0.6 is 23.2 Å². The predicted octanol–water partition coefficient (Wildman–Crippen LogP) is 4.07. The summed E-state index contributed by atoms with van der Waals surface area (Å²) in [6, 6.07) is 12.2. The van der Waals surface area contributed by atoms with Crippen LogP contribution in [0, 0.1) is 6.92 Å². The summed E-state index contributed by atoms with van der Waals surface area (Å²) in [6.45, 7) is 2.86. The van der Waals surface area contributed by atoms with Gasteiger partial charge in [-0.3, -0.25) is 4.79 Å². The maximum atomic E-state index is 12.1. The number of aryl methyl sites for hydroxylation is 1. The Kier molecular flexibility index (Phi) is 6.62. The molecule has 9 heteroatoms. The number of hydrogen-bond donors (Lipinski definition) is 3. The molecule has 0 fully saturated rings. The highest BCUT2D eigenvalue weighted by molar-refractivity contribution is 6.36. The van der Waals surface area contributed by atoms with E-state index in [4.69, 9.17) is 23.2 Å². The van der Waals surface area contributed by atoms with Crippen molar-refractivity contribution in [2.75, 3.05) is 23.7 Å². The number of amides is 1. The number of benzene rings is 1. The van der Waals surface area contributed by atoms with Crippen molar-refractivity contribution in [2.45, 2.75) is 6.92 Å². The average molecular weight is 417 g/mol. The van der Waals surface area contributed by atoms with Crippen molar-refractivity contribution in [1.82, 2.24) is 20.5 Å². The fraction of sp³-hybridized carbons (Fsp3) is 0.158. The fourth-order valence-corrected chi connectivity index (χ4v) is 2.80.